The zero-order valence-corrected chi connectivity index (χ0v) is 5.07. The lowest BCUT2D eigenvalue weighted by molar-refractivity contribution is -0.155. The van der Waals surface area contributed by atoms with E-state index < -0.39 is 18.3 Å². The van der Waals surface area contributed by atoms with Crippen LogP contribution in [0.5, 0.6) is 0 Å². The van der Waals surface area contributed by atoms with Crippen LogP contribution >= 0.6 is 0 Å². The van der Waals surface area contributed by atoms with Crippen molar-refractivity contribution in [2.24, 2.45) is 11.7 Å². The van der Waals surface area contributed by atoms with Crippen molar-refractivity contribution < 1.29 is 14.6 Å². The maximum atomic E-state index is 10.5. The van der Waals surface area contributed by atoms with E-state index in [0.29, 0.717) is 0 Å². The SMILES string of the molecule is CC1C(=O)OC(O)C1N. The number of hydrogen-bond donors (Lipinski definition) is 2. The van der Waals surface area contributed by atoms with E-state index in [0.717, 1.165) is 0 Å². The number of cyclic esters (lactones) is 1. The number of aliphatic hydroxyl groups excluding tert-OH is 1. The number of nitrogens with two attached hydrogens (primary N) is 1. The first-order valence-corrected chi connectivity index (χ1v) is 2.77. The molecule has 0 bridgehead atoms. The molecule has 0 saturated carbocycles. The molecule has 9 heavy (non-hydrogen) atoms. The highest BCUT2D eigenvalue weighted by atomic mass is 16.6. The second kappa shape index (κ2) is 1.97. The van der Waals surface area contributed by atoms with Crippen LogP contribution in [-0.2, 0) is 9.53 Å². The molecule has 0 aromatic rings. The number of aliphatic hydroxyl groups is 1. The molecule has 0 aromatic heterocycles. The average molecular weight is 131 g/mol. The number of rotatable bonds is 0. The summed E-state index contributed by atoms with van der Waals surface area (Å²) in [6.45, 7) is 1.63. The minimum Gasteiger partial charge on any atom is -0.434 e. The molecule has 1 saturated heterocycles. The zero-order valence-electron chi connectivity index (χ0n) is 5.07. The third-order valence-electron chi connectivity index (χ3n) is 1.52. The molecule has 0 spiro atoms. The molecule has 1 rings (SSSR count). The van der Waals surface area contributed by atoms with Crippen LogP contribution in [0.25, 0.3) is 0 Å². The van der Waals surface area contributed by atoms with E-state index in [2.05, 4.69) is 4.74 Å². The van der Waals surface area contributed by atoms with E-state index in [9.17, 15) is 4.79 Å². The van der Waals surface area contributed by atoms with Crippen molar-refractivity contribution in [1.29, 1.82) is 0 Å². The summed E-state index contributed by atoms with van der Waals surface area (Å²) in [6.07, 6.45) is -1.10. The minimum atomic E-state index is -1.10. The van der Waals surface area contributed by atoms with Gasteiger partial charge in [0.1, 0.15) is 0 Å². The molecule has 3 unspecified atom stereocenters. The first-order chi connectivity index (χ1) is 4.13. The fraction of sp³-hybridized carbons (Fsp3) is 0.800. The molecule has 1 fully saturated rings. The van der Waals surface area contributed by atoms with E-state index in [-0.39, 0.29) is 5.92 Å². The quantitative estimate of drug-likeness (QED) is 0.406. The third-order valence-corrected chi connectivity index (χ3v) is 1.52. The molecular weight excluding hydrogens is 122 g/mol. The predicted octanol–water partition coefficient (Wildman–Crippen LogP) is -1.17. The Balaban J connectivity index is 2.65. The summed E-state index contributed by atoms with van der Waals surface area (Å²) < 4.78 is 4.38. The van der Waals surface area contributed by atoms with Gasteiger partial charge in [0.05, 0.1) is 12.0 Å². The Kier molecular flexibility index (Phi) is 1.42. The average Bonchev–Trinajstić information content (AvgIpc) is 1.98. The highest BCUT2D eigenvalue weighted by molar-refractivity contribution is 5.75. The van der Waals surface area contributed by atoms with Gasteiger partial charge in [0.2, 0.25) is 6.29 Å². The molecule has 3 atom stereocenters. The Hall–Kier alpha value is -0.610. The van der Waals surface area contributed by atoms with Gasteiger partial charge in [0.25, 0.3) is 0 Å². The van der Waals surface area contributed by atoms with Crippen LogP contribution in [0.1, 0.15) is 6.92 Å². The molecular formula is C5H9NO3. The van der Waals surface area contributed by atoms with E-state index in [1.807, 2.05) is 0 Å². The number of ether oxygens (including phenoxy) is 1. The fourth-order valence-electron chi connectivity index (χ4n) is 0.709. The molecule has 52 valence electrons. The van der Waals surface area contributed by atoms with E-state index in [1.165, 1.54) is 0 Å². The lowest BCUT2D eigenvalue weighted by Gasteiger charge is -2.05. The van der Waals surface area contributed by atoms with Gasteiger partial charge in [0.15, 0.2) is 0 Å². The fourth-order valence-corrected chi connectivity index (χ4v) is 0.709. The largest absolute Gasteiger partial charge is 0.434 e. The van der Waals surface area contributed by atoms with Crippen molar-refractivity contribution in [1.82, 2.24) is 0 Å². The van der Waals surface area contributed by atoms with Crippen molar-refractivity contribution in [2.45, 2.75) is 19.3 Å². The molecule has 0 aromatic carbocycles. The Bertz CT molecular complexity index is 136. The van der Waals surface area contributed by atoms with Gasteiger partial charge in [-0.05, 0) is 0 Å². The second-order valence-corrected chi connectivity index (χ2v) is 2.19. The van der Waals surface area contributed by atoms with Gasteiger partial charge >= 0.3 is 5.97 Å². The summed E-state index contributed by atoms with van der Waals surface area (Å²) in [6, 6.07) is -0.558. The molecule has 0 aliphatic carbocycles. The number of carbonyl (C=O) groups is 1. The maximum absolute atomic E-state index is 10.5. The Labute approximate surface area is 52.6 Å². The van der Waals surface area contributed by atoms with E-state index >= 15 is 0 Å². The smallest absolute Gasteiger partial charge is 0.312 e. The first-order valence-electron chi connectivity index (χ1n) is 2.77. The van der Waals surface area contributed by atoms with Gasteiger partial charge in [-0.3, -0.25) is 4.79 Å². The van der Waals surface area contributed by atoms with E-state index in [4.69, 9.17) is 10.8 Å². The molecule has 4 nitrogen and oxygen atoms in total. The number of esters is 1. The second-order valence-electron chi connectivity index (χ2n) is 2.19. The van der Waals surface area contributed by atoms with Crippen LogP contribution in [0.4, 0.5) is 0 Å². The molecule has 1 aliphatic rings. The van der Waals surface area contributed by atoms with Gasteiger partial charge in [-0.1, -0.05) is 6.92 Å². The summed E-state index contributed by atoms with van der Waals surface area (Å²) in [4.78, 5) is 10.5. The van der Waals surface area contributed by atoms with Gasteiger partial charge < -0.3 is 15.6 Å². The van der Waals surface area contributed by atoms with Crippen molar-refractivity contribution in [3.05, 3.63) is 0 Å². The van der Waals surface area contributed by atoms with Gasteiger partial charge in [-0.25, -0.2) is 0 Å². The summed E-state index contributed by atoms with van der Waals surface area (Å²) in [7, 11) is 0. The Morgan fingerprint density at radius 1 is 1.78 bits per heavy atom. The van der Waals surface area contributed by atoms with Crippen molar-refractivity contribution >= 4 is 5.97 Å². The van der Waals surface area contributed by atoms with Crippen LogP contribution in [-0.4, -0.2) is 23.4 Å². The molecule has 4 heteroatoms. The summed E-state index contributed by atoms with van der Waals surface area (Å²) in [5.41, 5.74) is 5.32. The minimum absolute atomic E-state index is 0.375. The zero-order chi connectivity index (χ0) is 7.02. The molecule has 3 N–H and O–H groups in total. The van der Waals surface area contributed by atoms with Gasteiger partial charge in [-0.2, -0.15) is 0 Å². The lowest BCUT2D eigenvalue weighted by Crippen LogP contribution is -2.34. The topological polar surface area (TPSA) is 72.5 Å². The summed E-state index contributed by atoms with van der Waals surface area (Å²) in [5.74, 6) is -0.796. The first kappa shape index (κ1) is 6.51. The monoisotopic (exact) mass is 131 g/mol. The third kappa shape index (κ3) is 0.906. The van der Waals surface area contributed by atoms with Crippen molar-refractivity contribution in [2.75, 3.05) is 0 Å². The normalized spacial score (nSPS) is 43.0. The summed E-state index contributed by atoms with van der Waals surface area (Å²) >= 11 is 0. The van der Waals surface area contributed by atoms with Crippen molar-refractivity contribution in [3.63, 3.8) is 0 Å². The molecule has 1 heterocycles. The number of carbonyl (C=O) groups excluding carboxylic acids is 1. The number of hydrogen-bond acceptors (Lipinski definition) is 4. The van der Waals surface area contributed by atoms with Crippen LogP contribution in [0.2, 0.25) is 0 Å². The van der Waals surface area contributed by atoms with Crippen molar-refractivity contribution in [3.8, 4) is 0 Å². The van der Waals surface area contributed by atoms with Crippen LogP contribution in [0.3, 0.4) is 0 Å². The van der Waals surface area contributed by atoms with Crippen LogP contribution in [0.15, 0.2) is 0 Å². The standard InChI is InChI=1S/C5H9NO3/c1-2-3(6)5(8)9-4(2)7/h2-3,5,8H,6H2,1H3. The molecule has 0 amide bonds. The lowest BCUT2D eigenvalue weighted by atomic mass is 10.1. The predicted molar refractivity (Wildman–Crippen MR) is 29.2 cm³/mol. The Morgan fingerprint density at radius 2 is 2.33 bits per heavy atom. The van der Waals surface area contributed by atoms with E-state index in [1.54, 1.807) is 6.92 Å². The molecule has 1 aliphatic heterocycles. The Morgan fingerprint density at radius 3 is 2.44 bits per heavy atom. The highest BCUT2D eigenvalue weighted by Gasteiger charge is 2.37. The molecule has 0 radical (unpaired) electrons. The van der Waals surface area contributed by atoms with Crippen LogP contribution in [0, 0.1) is 5.92 Å². The maximum Gasteiger partial charge on any atom is 0.312 e. The summed E-state index contributed by atoms with van der Waals surface area (Å²) in [5, 5.41) is 8.77. The van der Waals surface area contributed by atoms with Gasteiger partial charge in [-0.15, -0.1) is 0 Å². The van der Waals surface area contributed by atoms with Crippen LogP contribution < -0.4 is 5.73 Å². The van der Waals surface area contributed by atoms with Gasteiger partial charge in [0, 0.05) is 0 Å². The highest BCUT2D eigenvalue weighted by Crippen LogP contribution is 2.16.